The van der Waals surface area contributed by atoms with E-state index in [-0.39, 0.29) is 29.5 Å². The fourth-order valence-corrected chi connectivity index (χ4v) is 5.15. The summed E-state index contributed by atoms with van der Waals surface area (Å²) in [4.78, 5) is 39.9. The number of nitrogens with one attached hydrogen (secondary N) is 1. The molecule has 33 heavy (non-hydrogen) atoms. The molecule has 8 heteroatoms. The molecule has 7 nitrogen and oxygen atoms in total. The van der Waals surface area contributed by atoms with Crippen LogP contribution in [-0.4, -0.2) is 31.1 Å². The van der Waals surface area contributed by atoms with Crippen molar-refractivity contribution in [3.8, 4) is 0 Å². The third-order valence-corrected chi connectivity index (χ3v) is 6.81. The largest absolute Gasteiger partial charge is 0.464 e. The molecule has 0 radical (unpaired) electrons. The van der Waals surface area contributed by atoms with Crippen LogP contribution in [0.1, 0.15) is 43.6 Å². The molecule has 2 aromatic rings. The van der Waals surface area contributed by atoms with Crippen LogP contribution in [0.5, 0.6) is 0 Å². The number of carbonyl (C=O) groups is 2. The molecular weight excluding hydrogens is 446 g/mol. The maximum absolute atomic E-state index is 13.5. The first-order chi connectivity index (χ1) is 15.9. The summed E-state index contributed by atoms with van der Waals surface area (Å²) >= 11 is 6.11. The van der Waals surface area contributed by atoms with Gasteiger partial charge in [-0.1, -0.05) is 18.2 Å². The van der Waals surface area contributed by atoms with Gasteiger partial charge in [0.05, 0.1) is 17.8 Å². The highest BCUT2D eigenvalue weighted by molar-refractivity contribution is 6.31. The van der Waals surface area contributed by atoms with E-state index in [9.17, 15) is 14.4 Å². The number of allylic oxidation sites excluding steroid dienone is 2. The molecule has 1 fully saturated rings. The Morgan fingerprint density at radius 2 is 2.09 bits per heavy atom. The topological polar surface area (TPSA) is 94.8 Å². The van der Waals surface area contributed by atoms with Gasteiger partial charge in [0.25, 0.3) is 0 Å². The van der Waals surface area contributed by atoms with Gasteiger partial charge in [-0.2, -0.15) is 0 Å². The summed E-state index contributed by atoms with van der Waals surface area (Å²) < 4.78 is 16.9. The molecule has 5 rings (SSSR count). The fraction of sp³-hybridized carbons (Fsp3) is 0.400. The second-order valence-corrected chi connectivity index (χ2v) is 9.14. The average Bonchev–Trinajstić information content (AvgIpc) is 3.31. The van der Waals surface area contributed by atoms with Crippen LogP contribution in [-0.2, 0) is 19.1 Å². The third kappa shape index (κ3) is 4.00. The highest BCUT2D eigenvalue weighted by Crippen LogP contribution is 2.44. The quantitative estimate of drug-likeness (QED) is 0.676. The van der Waals surface area contributed by atoms with Crippen molar-refractivity contribution in [2.45, 2.75) is 44.1 Å². The van der Waals surface area contributed by atoms with Crippen LogP contribution in [0.3, 0.4) is 0 Å². The van der Waals surface area contributed by atoms with Gasteiger partial charge in [-0.15, -0.1) is 0 Å². The van der Waals surface area contributed by atoms with Gasteiger partial charge in [-0.25, -0.2) is 0 Å². The molecule has 0 amide bonds. The molecule has 1 aromatic carbocycles. The number of ketones is 1. The maximum Gasteiger partial charge on any atom is 0.315 e. The van der Waals surface area contributed by atoms with E-state index in [0.29, 0.717) is 58.8 Å². The van der Waals surface area contributed by atoms with E-state index in [0.717, 1.165) is 12.8 Å². The van der Waals surface area contributed by atoms with Crippen molar-refractivity contribution in [2.24, 2.45) is 5.92 Å². The number of esters is 1. The molecule has 3 unspecified atom stereocenters. The van der Waals surface area contributed by atoms with Crippen LogP contribution in [0.2, 0.25) is 5.02 Å². The summed E-state index contributed by atoms with van der Waals surface area (Å²) in [6.45, 7) is 4.82. The fourth-order valence-electron chi connectivity index (χ4n) is 4.98. The smallest absolute Gasteiger partial charge is 0.315 e. The number of carbonyl (C=O) groups excluding carboxylic acids is 2. The Balaban J connectivity index is 1.60. The number of Topliss-reactive ketones (excluding diaryl/α,β-unsaturated/α-hetero) is 1. The van der Waals surface area contributed by atoms with Crippen molar-refractivity contribution in [1.29, 1.82) is 0 Å². The first-order valence-electron chi connectivity index (χ1n) is 11.2. The van der Waals surface area contributed by atoms with E-state index in [1.165, 1.54) is 12.3 Å². The lowest BCUT2D eigenvalue weighted by molar-refractivity contribution is -0.151. The van der Waals surface area contributed by atoms with Gasteiger partial charge in [0.2, 0.25) is 0 Å². The lowest BCUT2D eigenvalue weighted by Crippen LogP contribution is -2.42. The second-order valence-electron chi connectivity index (χ2n) is 8.70. The summed E-state index contributed by atoms with van der Waals surface area (Å²) in [6.07, 6.45) is 4.63. The second kappa shape index (κ2) is 8.80. The van der Waals surface area contributed by atoms with Gasteiger partial charge < -0.3 is 19.2 Å². The van der Waals surface area contributed by atoms with Gasteiger partial charge >= 0.3 is 5.97 Å². The Morgan fingerprint density at radius 3 is 2.88 bits per heavy atom. The zero-order valence-electron chi connectivity index (χ0n) is 18.0. The number of ether oxygens (including phenoxy) is 2. The lowest BCUT2D eigenvalue weighted by Gasteiger charge is -2.37. The van der Waals surface area contributed by atoms with Crippen molar-refractivity contribution in [1.82, 2.24) is 5.32 Å². The minimum atomic E-state index is -0.952. The first-order valence-corrected chi connectivity index (χ1v) is 11.5. The predicted octanol–water partition coefficient (Wildman–Crippen LogP) is 3.99. The lowest BCUT2D eigenvalue weighted by atomic mass is 9.71. The Morgan fingerprint density at radius 1 is 1.24 bits per heavy atom. The summed E-state index contributed by atoms with van der Waals surface area (Å²) in [5.41, 5.74) is 1.80. The average molecular weight is 470 g/mol. The number of fused-ring (bicyclic) bond motifs is 1. The molecule has 3 heterocycles. The Kier molecular flexibility index (Phi) is 5.85. The number of hydrogen-bond acceptors (Lipinski definition) is 7. The van der Waals surface area contributed by atoms with E-state index >= 15 is 0 Å². The van der Waals surface area contributed by atoms with Gasteiger partial charge in [0.1, 0.15) is 18.1 Å². The van der Waals surface area contributed by atoms with Crippen LogP contribution in [0.15, 0.2) is 57.2 Å². The third-order valence-electron chi connectivity index (χ3n) is 6.57. The minimum absolute atomic E-state index is 0.0937. The molecule has 1 saturated heterocycles. The van der Waals surface area contributed by atoms with Gasteiger partial charge in [0, 0.05) is 46.5 Å². The SMILES string of the molecule is C=C1NC2=C(C(=O)CCC2)C(c2coc3ccc(Cl)cc3c2=O)C1C(=O)OCC1CCCO1. The Bertz CT molecular complexity index is 1240. The minimum Gasteiger partial charge on any atom is -0.464 e. The summed E-state index contributed by atoms with van der Waals surface area (Å²) in [5, 5.41) is 3.84. The molecule has 0 saturated carbocycles. The van der Waals surface area contributed by atoms with Crippen molar-refractivity contribution < 1.29 is 23.5 Å². The Labute approximate surface area is 195 Å². The number of benzene rings is 1. The first kappa shape index (κ1) is 21.9. The monoisotopic (exact) mass is 469 g/mol. The zero-order valence-corrected chi connectivity index (χ0v) is 18.8. The normalized spacial score (nSPS) is 25.2. The maximum atomic E-state index is 13.5. The van der Waals surface area contributed by atoms with Crippen LogP contribution in [0.4, 0.5) is 0 Å². The van der Waals surface area contributed by atoms with Crippen LogP contribution < -0.4 is 10.7 Å². The van der Waals surface area contributed by atoms with Crippen LogP contribution >= 0.6 is 11.6 Å². The molecule has 172 valence electrons. The van der Waals surface area contributed by atoms with E-state index in [2.05, 4.69) is 11.9 Å². The molecular formula is C25H24ClNO6. The van der Waals surface area contributed by atoms with E-state index in [1.807, 2.05) is 0 Å². The molecule has 2 aliphatic heterocycles. The number of halogens is 1. The van der Waals surface area contributed by atoms with Crippen molar-refractivity contribution in [3.63, 3.8) is 0 Å². The highest BCUT2D eigenvalue weighted by Gasteiger charge is 2.45. The van der Waals surface area contributed by atoms with Crippen molar-refractivity contribution in [2.75, 3.05) is 13.2 Å². The standard InChI is InChI=1S/C25H24ClNO6/c1-13-21(25(30)33-11-15-4-3-9-31-15)22(23-18(27-13)5-2-6-19(23)28)17-12-32-20-8-7-14(26)10-16(20)24(17)29/h7-8,10,12,15,21-22,27H,1-6,9,11H2. The molecule has 1 aromatic heterocycles. The van der Waals surface area contributed by atoms with Gasteiger partial charge in [0.15, 0.2) is 11.2 Å². The van der Waals surface area contributed by atoms with E-state index < -0.39 is 17.8 Å². The zero-order chi connectivity index (χ0) is 23.1. The van der Waals surface area contributed by atoms with Crippen LogP contribution in [0, 0.1) is 5.92 Å². The van der Waals surface area contributed by atoms with Gasteiger partial charge in [-0.05, 0) is 43.9 Å². The summed E-state index contributed by atoms with van der Waals surface area (Å²) in [5.74, 6) is -2.45. The molecule has 3 atom stereocenters. The summed E-state index contributed by atoms with van der Waals surface area (Å²) in [6, 6.07) is 4.79. The van der Waals surface area contributed by atoms with Crippen LogP contribution in [0.25, 0.3) is 11.0 Å². The molecule has 0 bridgehead atoms. The summed E-state index contributed by atoms with van der Waals surface area (Å²) in [7, 11) is 0. The van der Waals surface area contributed by atoms with E-state index in [1.54, 1.807) is 12.1 Å². The number of rotatable bonds is 4. The molecule has 1 N–H and O–H groups in total. The molecule has 0 spiro atoms. The van der Waals surface area contributed by atoms with Crippen molar-refractivity contribution in [3.05, 3.63) is 68.8 Å². The molecule has 1 aliphatic carbocycles. The molecule has 3 aliphatic rings. The Hall–Kier alpha value is -2.90. The number of hydrogen-bond donors (Lipinski definition) is 1. The van der Waals surface area contributed by atoms with Gasteiger partial charge in [-0.3, -0.25) is 14.4 Å². The van der Waals surface area contributed by atoms with Crippen molar-refractivity contribution >= 4 is 34.3 Å². The van der Waals surface area contributed by atoms with E-state index in [4.69, 9.17) is 25.5 Å². The predicted molar refractivity (Wildman–Crippen MR) is 122 cm³/mol. The highest BCUT2D eigenvalue weighted by atomic mass is 35.5.